The second kappa shape index (κ2) is 9.18. The highest BCUT2D eigenvalue weighted by Gasteiger charge is 2.41. The van der Waals surface area contributed by atoms with Crippen LogP contribution in [0.25, 0.3) is 6.08 Å². The molecular weight excluding hydrogens is 406 g/mol. The number of rotatable bonds is 5. The van der Waals surface area contributed by atoms with Crippen molar-refractivity contribution in [3.05, 3.63) is 77.4 Å². The van der Waals surface area contributed by atoms with Crippen molar-refractivity contribution in [3.8, 4) is 0 Å². The molecule has 2 aliphatic heterocycles. The zero-order valence-corrected chi connectivity index (χ0v) is 17.9. The molecule has 0 spiro atoms. The molecule has 1 N–H and O–H groups in total. The lowest BCUT2D eigenvalue weighted by atomic mass is 10.0. The Hall–Kier alpha value is -3.74. The van der Waals surface area contributed by atoms with E-state index >= 15 is 0 Å². The number of nitrogens with zero attached hydrogens (tertiary/aromatic N) is 2. The predicted molar refractivity (Wildman–Crippen MR) is 120 cm³/mol. The SMILES string of the molecule is CC(C(=O)NC1CCN(C(=O)/C=C/c2ccccc2)CC1)N1C(=O)c2ccccc2C1=O. The molecule has 7 nitrogen and oxygen atoms in total. The summed E-state index contributed by atoms with van der Waals surface area (Å²) < 4.78 is 0. The summed E-state index contributed by atoms with van der Waals surface area (Å²) in [7, 11) is 0. The summed E-state index contributed by atoms with van der Waals surface area (Å²) in [6.45, 7) is 2.62. The molecule has 0 radical (unpaired) electrons. The molecule has 2 aromatic rings. The fraction of sp³-hybridized carbons (Fsp3) is 0.280. The van der Waals surface area contributed by atoms with E-state index in [9.17, 15) is 19.2 Å². The highest BCUT2D eigenvalue weighted by Crippen LogP contribution is 2.24. The Balaban J connectivity index is 1.29. The van der Waals surface area contributed by atoms with Crippen molar-refractivity contribution in [2.45, 2.75) is 31.8 Å². The van der Waals surface area contributed by atoms with Crippen molar-refractivity contribution in [2.24, 2.45) is 0 Å². The van der Waals surface area contributed by atoms with Crippen LogP contribution in [0.1, 0.15) is 46.0 Å². The lowest BCUT2D eigenvalue weighted by Gasteiger charge is -2.33. The van der Waals surface area contributed by atoms with Crippen LogP contribution in [-0.4, -0.2) is 58.6 Å². The lowest BCUT2D eigenvalue weighted by Crippen LogP contribution is -2.52. The van der Waals surface area contributed by atoms with E-state index in [0.717, 1.165) is 10.5 Å². The largest absolute Gasteiger partial charge is 0.351 e. The van der Waals surface area contributed by atoms with Crippen molar-refractivity contribution in [1.29, 1.82) is 0 Å². The highest BCUT2D eigenvalue weighted by molar-refractivity contribution is 6.22. The number of hydrogen-bond donors (Lipinski definition) is 1. The van der Waals surface area contributed by atoms with Gasteiger partial charge in [-0.05, 0) is 43.5 Å². The van der Waals surface area contributed by atoms with Gasteiger partial charge in [0.05, 0.1) is 11.1 Å². The molecule has 1 unspecified atom stereocenters. The summed E-state index contributed by atoms with van der Waals surface area (Å²) in [4.78, 5) is 53.2. The molecule has 1 fully saturated rings. The van der Waals surface area contributed by atoms with Crippen LogP contribution in [0.15, 0.2) is 60.7 Å². The van der Waals surface area contributed by atoms with Crippen LogP contribution >= 0.6 is 0 Å². The Morgan fingerprint density at radius 2 is 1.50 bits per heavy atom. The number of fused-ring (bicyclic) bond motifs is 1. The zero-order chi connectivity index (χ0) is 22.7. The Labute approximate surface area is 186 Å². The van der Waals surface area contributed by atoms with Gasteiger partial charge >= 0.3 is 0 Å². The first-order chi connectivity index (χ1) is 15.5. The van der Waals surface area contributed by atoms with Crippen molar-refractivity contribution in [1.82, 2.24) is 15.1 Å². The summed E-state index contributed by atoms with van der Waals surface area (Å²) >= 11 is 0. The molecule has 0 aromatic heterocycles. The Morgan fingerprint density at radius 3 is 2.09 bits per heavy atom. The van der Waals surface area contributed by atoms with E-state index in [4.69, 9.17) is 0 Å². The van der Waals surface area contributed by atoms with Gasteiger partial charge in [0, 0.05) is 25.2 Å². The molecule has 32 heavy (non-hydrogen) atoms. The van der Waals surface area contributed by atoms with E-state index in [-0.39, 0.29) is 17.9 Å². The van der Waals surface area contributed by atoms with Gasteiger partial charge in [0.1, 0.15) is 6.04 Å². The summed E-state index contributed by atoms with van der Waals surface area (Å²) in [6.07, 6.45) is 4.59. The summed E-state index contributed by atoms with van der Waals surface area (Å²) in [6, 6.07) is 15.2. The molecule has 2 aliphatic rings. The number of benzene rings is 2. The third-order valence-corrected chi connectivity index (χ3v) is 5.96. The molecule has 164 valence electrons. The molecule has 2 heterocycles. The monoisotopic (exact) mass is 431 g/mol. The van der Waals surface area contributed by atoms with Crippen molar-refractivity contribution in [3.63, 3.8) is 0 Å². The minimum absolute atomic E-state index is 0.0574. The normalized spacial score (nSPS) is 17.5. The smallest absolute Gasteiger partial charge is 0.262 e. The first-order valence-electron chi connectivity index (χ1n) is 10.7. The van der Waals surface area contributed by atoms with Gasteiger partial charge in [0.2, 0.25) is 11.8 Å². The van der Waals surface area contributed by atoms with Crippen LogP contribution in [0.4, 0.5) is 0 Å². The number of carbonyl (C=O) groups is 4. The van der Waals surface area contributed by atoms with Gasteiger partial charge in [-0.15, -0.1) is 0 Å². The maximum Gasteiger partial charge on any atom is 0.262 e. The standard InChI is InChI=1S/C25H25N3O4/c1-17(28-24(31)20-9-5-6-10-21(20)25(28)32)23(30)26-19-13-15-27(16-14-19)22(29)12-11-18-7-3-2-4-8-18/h2-12,17,19H,13-16H2,1H3,(H,26,30)/b12-11+. The van der Waals surface area contributed by atoms with Gasteiger partial charge in [-0.2, -0.15) is 0 Å². The number of hydrogen-bond acceptors (Lipinski definition) is 4. The third-order valence-electron chi connectivity index (χ3n) is 5.96. The first-order valence-corrected chi connectivity index (χ1v) is 10.7. The topological polar surface area (TPSA) is 86.8 Å². The second-order valence-electron chi connectivity index (χ2n) is 8.05. The minimum atomic E-state index is -0.907. The highest BCUT2D eigenvalue weighted by atomic mass is 16.2. The minimum Gasteiger partial charge on any atom is -0.351 e. The van der Waals surface area contributed by atoms with E-state index < -0.39 is 17.9 Å². The second-order valence-corrected chi connectivity index (χ2v) is 8.05. The molecular formula is C25H25N3O4. The number of imide groups is 1. The maximum atomic E-state index is 12.8. The van der Waals surface area contributed by atoms with Gasteiger partial charge in [0.25, 0.3) is 11.8 Å². The summed E-state index contributed by atoms with van der Waals surface area (Å²) in [5, 5.41) is 2.94. The Morgan fingerprint density at radius 1 is 0.938 bits per heavy atom. The molecule has 1 saturated heterocycles. The van der Waals surface area contributed by atoms with Crippen LogP contribution < -0.4 is 5.32 Å². The van der Waals surface area contributed by atoms with Crippen LogP contribution in [0.5, 0.6) is 0 Å². The van der Waals surface area contributed by atoms with Crippen molar-refractivity contribution >= 4 is 29.7 Å². The fourth-order valence-electron chi connectivity index (χ4n) is 4.08. The van der Waals surface area contributed by atoms with E-state index in [1.807, 2.05) is 30.3 Å². The Bertz CT molecular complexity index is 1040. The van der Waals surface area contributed by atoms with Crippen LogP contribution in [0.2, 0.25) is 0 Å². The molecule has 2 aromatic carbocycles. The van der Waals surface area contributed by atoms with Gasteiger partial charge < -0.3 is 10.2 Å². The molecule has 7 heteroatoms. The van der Waals surface area contributed by atoms with Gasteiger partial charge in [-0.1, -0.05) is 42.5 Å². The Kier molecular flexibility index (Phi) is 6.16. The van der Waals surface area contributed by atoms with Gasteiger partial charge in [0.15, 0.2) is 0 Å². The van der Waals surface area contributed by atoms with Gasteiger partial charge in [-0.3, -0.25) is 24.1 Å². The van der Waals surface area contributed by atoms with Crippen molar-refractivity contribution in [2.75, 3.05) is 13.1 Å². The molecule has 1 atom stereocenters. The molecule has 4 amide bonds. The van der Waals surface area contributed by atoms with Crippen LogP contribution in [0, 0.1) is 0 Å². The van der Waals surface area contributed by atoms with Crippen LogP contribution in [0.3, 0.4) is 0 Å². The number of nitrogens with one attached hydrogen (secondary N) is 1. The average molecular weight is 431 g/mol. The van der Waals surface area contributed by atoms with E-state index in [1.54, 1.807) is 48.2 Å². The van der Waals surface area contributed by atoms with Crippen molar-refractivity contribution < 1.29 is 19.2 Å². The van der Waals surface area contributed by atoms with E-state index in [1.165, 1.54) is 0 Å². The average Bonchev–Trinajstić information content (AvgIpc) is 3.08. The molecule has 0 aliphatic carbocycles. The number of amides is 4. The van der Waals surface area contributed by atoms with Gasteiger partial charge in [-0.25, -0.2) is 0 Å². The summed E-state index contributed by atoms with van der Waals surface area (Å²) in [5.74, 6) is -1.32. The quantitative estimate of drug-likeness (QED) is 0.582. The lowest BCUT2D eigenvalue weighted by molar-refractivity contribution is -0.127. The first kappa shape index (κ1) is 21.5. The fourth-order valence-corrected chi connectivity index (χ4v) is 4.08. The molecule has 4 rings (SSSR count). The molecule has 0 saturated carbocycles. The predicted octanol–water partition coefficient (Wildman–Crippen LogP) is 2.49. The third kappa shape index (κ3) is 4.32. The van der Waals surface area contributed by atoms with E-state index in [0.29, 0.717) is 37.1 Å². The number of piperidine rings is 1. The molecule has 0 bridgehead atoms. The number of carbonyl (C=O) groups excluding carboxylic acids is 4. The van der Waals surface area contributed by atoms with Crippen LogP contribution in [-0.2, 0) is 9.59 Å². The maximum absolute atomic E-state index is 12.8. The number of likely N-dealkylation sites (tertiary alicyclic amines) is 1. The summed E-state index contributed by atoms with van der Waals surface area (Å²) in [5.41, 5.74) is 1.62. The zero-order valence-electron chi connectivity index (χ0n) is 17.9. The van der Waals surface area contributed by atoms with E-state index in [2.05, 4.69) is 5.32 Å².